The van der Waals surface area contributed by atoms with E-state index in [0.717, 1.165) is 15.9 Å². The third-order valence-corrected chi connectivity index (χ3v) is 2.34. The summed E-state index contributed by atoms with van der Waals surface area (Å²) in [5.74, 6) is 0. The van der Waals surface area contributed by atoms with Crippen molar-refractivity contribution in [1.29, 1.82) is 0 Å². The fourth-order valence-electron chi connectivity index (χ4n) is 0.901. The van der Waals surface area contributed by atoms with Gasteiger partial charge in [-0.1, -0.05) is 0 Å². The van der Waals surface area contributed by atoms with Crippen LogP contribution in [0, 0.1) is 6.92 Å². The van der Waals surface area contributed by atoms with E-state index in [9.17, 15) is 4.79 Å². The Morgan fingerprint density at radius 1 is 1.77 bits per heavy atom. The number of imidazole rings is 1. The monoisotopic (exact) mass is 243 g/mol. The summed E-state index contributed by atoms with van der Waals surface area (Å²) in [6.07, 6.45) is 3.89. The number of halogens is 1. The van der Waals surface area contributed by atoms with Gasteiger partial charge in [-0.2, -0.15) is 0 Å². The van der Waals surface area contributed by atoms with E-state index >= 15 is 0 Å². The van der Waals surface area contributed by atoms with Gasteiger partial charge in [0.25, 0.3) is 0 Å². The van der Waals surface area contributed by atoms with Crippen LogP contribution in [0.4, 0.5) is 0 Å². The lowest BCUT2D eigenvalue weighted by atomic mass is 10.3. The molecule has 5 heteroatoms. The van der Waals surface area contributed by atoms with E-state index in [0.29, 0.717) is 6.41 Å². The largest absolute Gasteiger partial charge is 0.337 e. The zero-order valence-corrected chi connectivity index (χ0v) is 9.00. The molecule has 1 amide bonds. The van der Waals surface area contributed by atoms with Crippen LogP contribution < -0.4 is 5.32 Å². The average molecular weight is 244 g/mol. The van der Waals surface area contributed by atoms with E-state index in [2.05, 4.69) is 26.2 Å². The molecule has 0 spiro atoms. The highest BCUT2D eigenvalue weighted by atomic mass is 79.9. The second-order valence-corrected chi connectivity index (χ2v) is 3.42. The van der Waals surface area contributed by atoms with Crippen LogP contribution in [0.1, 0.15) is 11.4 Å². The van der Waals surface area contributed by atoms with E-state index in [1.165, 1.54) is 0 Å². The number of carbonyl (C=O) groups is 1. The Balaban J connectivity index is 2.94. The first-order chi connectivity index (χ1) is 6.16. The smallest absolute Gasteiger partial charge is 0.211 e. The second-order valence-electron chi connectivity index (χ2n) is 2.57. The van der Waals surface area contributed by atoms with E-state index in [1.54, 1.807) is 12.5 Å². The number of rotatable bonds is 3. The zero-order chi connectivity index (χ0) is 9.84. The Hall–Kier alpha value is -1.10. The number of carbonyl (C=O) groups excluding carboxylic acids is 1. The van der Waals surface area contributed by atoms with Crippen LogP contribution in [0.5, 0.6) is 0 Å². The van der Waals surface area contributed by atoms with Gasteiger partial charge in [-0.25, -0.2) is 4.98 Å². The number of nitrogens with one attached hydrogen (secondary N) is 1. The fourth-order valence-corrected chi connectivity index (χ4v) is 1.42. The lowest BCUT2D eigenvalue weighted by Gasteiger charge is -1.97. The number of hydrogen-bond acceptors (Lipinski definition) is 2. The summed E-state index contributed by atoms with van der Waals surface area (Å²) < 4.78 is 2.67. The van der Waals surface area contributed by atoms with Crippen LogP contribution >= 0.6 is 15.9 Å². The normalized spacial score (nSPS) is 11.5. The van der Waals surface area contributed by atoms with Gasteiger partial charge in [0.2, 0.25) is 6.41 Å². The molecule has 0 saturated heterocycles. The molecule has 0 radical (unpaired) electrons. The van der Waals surface area contributed by atoms with Crippen LogP contribution in [-0.2, 0) is 11.8 Å². The highest BCUT2D eigenvalue weighted by Crippen LogP contribution is 2.21. The average Bonchev–Trinajstić information content (AvgIpc) is 2.44. The van der Waals surface area contributed by atoms with Crippen LogP contribution in [0.3, 0.4) is 0 Å². The summed E-state index contributed by atoms with van der Waals surface area (Å²) >= 11 is 3.32. The third kappa shape index (κ3) is 2.18. The van der Waals surface area contributed by atoms with Gasteiger partial charge in [0, 0.05) is 18.9 Å². The molecule has 0 aliphatic heterocycles. The van der Waals surface area contributed by atoms with Crippen molar-refractivity contribution in [1.82, 2.24) is 14.9 Å². The molecule has 13 heavy (non-hydrogen) atoms. The van der Waals surface area contributed by atoms with Gasteiger partial charge >= 0.3 is 0 Å². The van der Waals surface area contributed by atoms with Gasteiger partial charge in [-0.3, -0.25) is 4.79 Å². The predicted molar refractivity (Wildman–Crippen MR) is 54.0 cm³/mol. The van der Waals surface area contributed by atoms with Crippen molar-refractivity contribution in [2.75, 3.05) is 0 Å². The van der Waals surface area contributed by atoms with Crippen molar-refractivity contribution >= 4 is 26.8 Å². The summed E-state index contributed by atoms with van der Waals surface area (Å²) in [4.78, 5) is 14.2. The second kappa shape index (κ2) is 4.23. The number of aryl methyl sites for hydroxylation is 1. The van der Waals surface area contributed by atoms with Gasteiger partial charge in [0.15, 0.2) is 0 Å². The van der Waals surface area contributed by atoms with Gasteiger partial charge in [-0.15, -0.1) is 0 Å². The van der Waals surface area contributed by atoms with E-state index in [1.807, 2.05) is 18.5 Å². The first-order valence-electron chi connectivity index (χ1n) is 3.70. The fraction of sp³-hybridized carbons (Fsp3) is 0.250. The SMILES string of the molecule is Cc1c(/C(Br)=C\NC=O)ncn1C. The summed E-state index contributed by atoms with van der Waals surface area (Å²) in [6, 6.07) is 0. The summed E-state index contributed by atoms with van der Waals surface area (Å²) in [5, 5.41) is 2.44. The van der Waals surface area contributed by atoms with Gasteiger partial charge < -0.3 is 9.88 Å². The molecule has 1 heterocycles. The molecular formula is C8H10BrN3O. The van der Waals surface area contributed by atoms with Crippen molar-refractivity contribution in [3.8, 4) is 0 Å². The summed E-state index contributed by atoms with van der Waals surface area (Å²) in [7, 11) is 1.92. The molecule has 0 aromatic carbocycles. The minimum absolute atomic E-state index is 0.611. The topological polar surface area (TPSA) is 46.9 Å². The van der Waals surface area contributed by atoms with Crippen molar-refractivity contribution < 1.29 is 4.79 Å². The maximum Gasteiger partial charge on any atom is 0.211 e. The van der Waals surface area contributed by atoms with Crippen molar-refractivity contribution in [2.24, 2.45) is 7.05 Å². The maximum absolute atomic E-state index is 10.0. The molecule has 0 aliphatic carbocycles. The third-order valence-electron chi connectivity index (χ3n) is 1.74. The van der Waals surface area contributed by atoms with Gasteiger partial charge in [-0.05, 0) is 22.9 Å². The van der Waals surface area contributed by atoms with E-state index in [-0.39, 0.29) is 0 Å². The standard InChI is InChI=1S/C8H10BrN3O/c1-6-8(11-4-12(6)2)7(9)3-10-5-13/h3-5H,1-2H3,(H,10,13)/b7-3+. The number of nitrogens with zero attached hydrogens (tertiary/aromatic N) is 2. The van der Waals surface area contributed by atoms with Crippen LogP contribution in [0.25, 0.3) is 4.48 Å². The highest BCUT2D eigenvalue weighted by Gasteiger charge is 2.06. The Bertz CT molecular complexity index is 343. The molecule has 0 unspecified atom stereocenters. The van der Waals surface area contributed by atoms with E-state index in [4.69, 9.17) is 0 Å². The molecule has 0 atom stereocenters. The first kappa shape index (κ1) is 9.98. The van der Waals surface area contributed by atoms with Crippen LogP contribution in [0.2, 0.25) is 0 Å². The Kier molecular flexibility index (Phi) is 3.25. The Morgan fingerprint density at radius 2 is 2.46 bits per heavy atom. The molecule has 0 bridgehead atoms. The summed E-state index contributed by atoms with van der Waals surface area (Å²) in [6.45, 7) is 1.96. The molecule has 70 valence electrons. The van der Waals surface area contributed by atoms with Crippen molar-refractivity contribution in [3.05, 3.63) is 23.9 Å². The number of hydrogen-bond donors (Lipinski definition) is 1. The molecule has 4 nitrogen and oxygen atoms in total. The van der Waals surface area contributed by atoms with Crippen LogP contribution in [0.15, 0.2) is 12.5 Å². The molecule has 1 aromatic rings. The zero-order valence-electron chi connectivity index (χ0n) is 7.41. The van der Waals surface area contributed by atoms with Crippen molar-refractivity contribution in [3.63, 3.8) is 0 Å². The Labute approximate surface area is 84.8 Å². The number of amides is 1. The van der Waals surface area contributed by atoms with Gasteiger partial charge in [0.1, 0.15) is 0 Å². The summed E-state index contributed by atoms with van der Waals surface area (Å²) in [5.41, 5.74) is 1.87. The molecular weight excluding hydrogens is 234 g/mol. The quantitative estimate of drug-likeness (QED) is 0.811. The first-order valence-corrected chi connectivity index (χ1v) is 4.49. The van der Waals surface area contributed by atoms with Crippen molar-refractivity contribution in [2.45, 2.75) is 6.92 Å². The molecule has 1 aromatic heterocycles. The minimum Gasteiger partial charge on any atom is -0.337 e. The van der Waals surface area contributed by atoms with Crippen LogP contribution in [-0.4, -0.2) is 16.0 Å². The Morgan fingerprint density at radius 3 is 2.92 bits per heavy atom. The lowest BCUT2D eigenvalue weighted by molar-refractivity contribution is -0.108. The molecule has 1 N–H and O–H groups in total. The molecule has 1 rings (SSSR count). The van der Waals surface area contributed by atoms with Gasteiger partial charge in [0.05, 0.1) is 16.5 Å². The molecule has 0 aliphatic rings. The maximum atomic E-state index is 10.0. The minimum atomic E-state index is 0.611. The molecule has 0 fully saturated rings. The molecule has 0 saturated carbocycles. The van der Waals surface area contributed by atoms with E-state index < -0.39 is 0 Å². The lowest BCUT2D eigenvalue weighted by Crippen LogP contribution is -2.00. The predicted octanol–water partition coefficient (Wildman–Crippen LogP) is 1.17. The highest BCUT2D eigenvalue weighted by molar-refractivity contribution is 9.15. The number of aromatic nitrogens is 2.